The summed E-state index contributed by atoms with van der Waals surface area (Å²) in [6.07, 6.45) is 23.1. The van der Waals surface area contributed by atoms with Crippen LogP contribution in [0.4, 0.5) is 10.2 Å². The number of phosphoric acid groups is 1. The average molecular weight is 938 g/mol. The number of fused-ring (bicyclic) bond motifs is 1. The summed E-state index contributed by atoms with van der Waals surface area (Å²) in [5.74, 6) is -1.32. The SMILES string of the molecule is CCCCCCCCCCCCCCCC(=O)OCC(COC(=O)CCCCCCCCCCCCCCC)OP(=O)([O-])OC[C@H]1O[C@@H](n2cnc3c(N)nc(F)nc32)[C@@H](O)[C@@H]1O.[Na+]. The van der Waals surface area contributed by atoms with E-state index in [0.29, 0.717) is 12.8 Å². The minimum absolute atomic E-state index is 0. The van der Waals surface area contributed by atoms with Crippen molar-refractivity contribution in [2.45, 2.75) is 224 Å². The van der Waals surface area contributed by atoms with E-state index in [-0.39, 0.29) is 59.4 Å². The van der Waals surface area contributed by atoms with Gasteiger partial charge in [0.1, 0.15) is 37.6 Å². The summed E-state index contributed by atoms with van der Waals surface area (Å²) in [5, 5.41) is 21.4. The van der Waals surface area contributed by atoms with E-state index in [1.807, 2.05) is 0 Å². The molecule has 1 unspecified atom stereocenters. The fourth-order valence-corrected chi connectivity index (χ4v) is 8.65. The Hall–Kier alpha value is -1.79. The Bertz CT molecular complexity index is 1570. The molecule has 1 aliphatic rings. The molecule has 0 aromatic carbocycles. The number of nitrogens with two attached hydrogens (primary N) is 1. The molecule has 1 aliphatic heterocycles. The van der Waals surface area contributed by atoms with Crippen LogP contribution in [0.25, 0.3) is 11.2 Å². The van der Waals surface area contributed by atoms with Crippen molar-refractivity contribution < 1.29 is 86.5 Å². The van der Waals surface area contributed by atoms with Gasteiger partial charge in [-0.1, -0.05) is 168 Å². The van der Waals surface area contributed by atoms with Crippen LogP contribution in [0.3, 0.4) is 0 Å². The van der Waals surface area contributed by atoms with E-state index in [0.717, 1.165) is 49.4 Å². The number of esters is 2. The maximum absolute atomic E-state index is 13.9. The van der Waals surface area contributed by atoms with Crippen LogP contribution in [0.2, 0.25) is 0 Å². The molecule has 64 heavy (non-hydrogen) atoms. The molecule has 3 rings (SSSR count). The number of phosphoric ester groups is 1. The summed E-state index contributed by atoms with van der Waals surface area (Å²) in [7, 11) is -5.21. The Morgan fingerprint density at radius 2 is 1.17 bits per heavy atom. The molecular weight excluding hydrogens is 859 g/mol. The van der Waals surface area contributed by atoms with Gasteiger partial charge in [0.2, 0.25) is 0 Å². The van der Waals surface area contributed by atoms with Crippen LogP contribution < -0.4 is 40.2 Å². The molecule has 0 radical (unpaired) electrons. The number of aromatic nitrogens is 4. The summed E-state index contributed by atoms with van der Waals surface area (Å²) in [5.41, 5.74) is 5.63. The molecule has 362 valence electrons. The number of hydrogen-bond acceptors (Lipinski definition) is 15. The number of carbonyl (C=O) groups is 2. The summed E-state index contributed by atoms with van der Waals surface area (Å²) in [6, 6.07) is 0. The fourth-order valence-electron chi connectivity index (χ4n) is 7.77. The van der Waals surface area contributed by atoms with Gasteiger partial charge >= 0.3 is 47.6 Å². The standard InChI is InChI=1S/C45H79FN5O11P.Na/c1-3-5-7-9-11-13-15-17-19-21-23-25-27-29-37(52)58-31-35(32-59-38(53)30-28-26-24-22-20-18-16-14-12-10-8-6-4-2)62-63(56,57)60-33-36-40(54)41(55)44(61-36)51-34-48-39-42(47)49-45(46)50-43(39)51;/h34-36,40-41,44,54-55H,3-33H2,1-2H3,(H,56,57)(H2,47,49,50);/q;+1/p-1/t36-,40-,41+,44-;/m1./s1. The van der Waals surface area contributed by atoms with Crippen molar-refractivity contribution in [3.8, 4) is 0 Å². The van der Waals surface area contributed by atoms with Gasteiger partial charge in [0, 0.05) is 12.8 Å². The van der Waals surface area contributed by atoms with E-state index >= 15 is 0 Å². The van der Waals surface area contributed by atoms with E-state index in [1.54, 1.807) is 0 Å². The zero-order valence-corrected chi connectivity index (χ0v) is 42.0. The van der Waals surface area contributed by atoms with Gasteiger partial charge in [-0.05, 0) is 12.8 Å². The number of anilines is 1. The van der Waals surface area contributed by atoms with Gasteiger partial charge in [0.15, 0.2) is 23.2 Å². The van der Waals surface area contributed by atoms with E-state index in [1.165, 1.54) is 116 Å². The number of nitrogen functional groups attached to an aromatic ring is 1. The second-order valence-corrected chi connectivity index (χ2v) is 18.4. The second kappa shape index (κ2) is 34.5. The summed E-state index contributed by atoms with van der Waals surface area (Å²) < 4.78 is 54.8. The van der Waals surface area contributed by atoms with Crippen molar-refractivity contribution in [1.82, 2.24) is 19.5 Å². The third kappa shape index (κ3) is 23.8. The number of unbranched alkanes of at least 4 members (excludes halogenated alkanes) is 24. The van der Waals surface area contributed by atoms with Crippen molar-refractivity contribution >= 4 is 36.7 Å². The van der Waals surface area contributed by atoms with Gasteiger partial charge in [-0.3, -0.25) is 18.7 Å². The maximum atomic E-state index is 13.9. The molecule has 5 atom stereocenters. The van der Waals surface area contributed by atoms with Gasteiger partial charge in [0.05, 0.1) is 12.9 Å². The number of ether oxygens (including phenoxy) is 3. The van der Waals surface area contributed by atoms with Crippen LogP contribution >= 0.6 is 7.82 Å². The number of aliphatic hydroxyl groups excluding tert-OH is 2. The average Bonchev–Trinajstić information content (AvgIpc) is 3.80. The van der Waals surface area contributed by atoms with Gasteiger partial charge in [0.25, 0.3) is 7.82 Å². The van der Waals surface area contributed by atoms with Crippen molar-refractivity contribution in [3.05, 3.63) is 12.4 Å². The van der Waals surface area contributed by atoms with Gasteiger partial charge < -0.3 is 44.1 Å². The first-order chi connectivity index (χ1) is 30.5. The molecule has 0 saturated carbocycles. The summed E-state index contributed by atoms with van der Waals surface area (Å²) >= 11 is 0. The van der Waals surface area contributed by atoms with Crippen molar-refractivity contribution in [1.29, 1.82) is 0 Å². The van der Waals surface area contributed by atoms with Crippen LogP contribution in [0.15, 0.2) is 6.33 Å². The van der Waals surface area contributed by atoms with Gasteiger partial charge in [-0.15, -0.1) is 0 Å². The molecule has 2 aromatic heterocycles. The fraction of sp³-hybridized carbons (Fsp3) is 0.844. The molecule has 0 bridgehead atoms. The molecule has 4 N–H and O–H groups in total. The van der Waals surface area contributed by atoms with Crippen LogP contribution in [-0.2, 0) is 37.4 Å². The number of halogens is 1. The van der Waals surface area contributed by atoms with E-state index in [2.05, 4.69) is 28.8 Å². The van der Waals surface area contributed by atoms with Crippen molar-refractivity contribution in [3.63, 3.8) is 0 Å². The van der Waals surface area contributed by atoms with Crippen LogP contribution in [0, 0.1) is 6.08 Å². The van der Waals surface area contributed by atoms with Gasteiger partial charge in [-0.2, -0.15) is 14.4 Å². The molecule has 16 nitrogen and oxygen atoms in total. The molecule has 1 saturated heterocycles. The maximum Gasteiger partial charge on any atom is 1.00 e. The van der Waals surface area contributed by atoms with Crippen LogP contribution in [-0.4, -0.2) is 85.9 Å². The smallest absolute Gasteiger partial charge is 0.756 e. The Morgan fingerprint density at radius 3 is 1.61 bits per heavy atom. The predicted octanol–water partition coefficient (Wildman–Crippen LogP) is 6.09. The molecule has 0 aliphatic carbocycles. The summed E-state index contributed by atoms with van der Waals surface area (Å²) in [4.78, 5) is 49.4. The zero-order chi connectivity index (χ0) is 45.7. The van der Waals surface area contributed by atoms with Crippen molar-refractivity contribution in [2.24, 2.45) is 0 Å². The molecule has 0 amide bonds. The first-order valence-corrected chi connectivity index (χ1v) is 25.5. The van der Waals surface area contributed by atoms with Crippen LogP contribution in [0.5, 0.6) is 0 Å². The van der Waals surface area contributed by atoms with E-state index in [4.69, 9.17) is 29.0 Å². The molecular formula is C45H78FN5NaO11P. The number of nitrogens with zero attached hydrogens (tertiary/aromatic N) is 4. The Morgan fingerprint density at radius 1 is 0.750 bits per heavy atom. The quantitative estimate of drug-likeness (QED) is 0.0227. The Balaban J connectivity index is 0.0000141. The molecule has 3 heterocycles. The number of carbonyl (C=O) groups excluding carboxylic acids is 2. The van der Waals surface area contributed by atoms with E-state index in [9.17, 15) is 33.7 Å². The number of aliphatic hydroxyl groups is 2. The third-order valence-corrected chi connectivity index (χ3v) is 12.6. The zero-order valence-electron chi connectivity index (χ0n) is 39.1. The summed E-state index contributed by atoms with van der Waals surface area (Å²) in [6.45, 7) is 2.63. The minimum atomic E-state index is -5.21. The number of imidazole rings is 1. The molecule has 0 spiro atoms. The van der Waals surface area contributed by atoms with Crippen molar-refractivity contribution in [2.75, 3.05) is 25.6 Å². The number of rotatable bonds is 38. The topological polar surface area (TPSA) is 230 Å². The van der Waals surface area contributed by atoms with Gasteiger partial charge in [-0.25, -0.2) is 4.98 Å². The Kier molecular flexibility index (Phi) is 31.4. The predicted molar refractivity (Wildman–Crippen MR) is 237 cm³/mol. The first-order valence-electron chi connectivity index (χ1n) is 24.1. The normalized spacial score (nSPS) is 18.4. The largest absolute Gasteiger partial charge is 1.00 e. The number of hydrogen-bond donors (Lipinski definition) is 3. The monoisotopic (exact) mass is 938 g/mol. The van der Waals surface area contributed by atoms with E-state index < -0.39 is 76.3 Å². The first kappa shape index (κ1) is 58.3. The molecule has 19 heteroatoms. The Labute approximate surface area is 403 Å². The van der Waals surface area contributed by atoms with Crippen LogP contribution in [0.1, 0.15) is 200 Å². The minimum Gasteiger partial charge on any atom is -0.756 e. The molecule has 1 fully saturated rings. The second-order valence-electron chi connectivity index (χ2n) is 17.1. The third-order valence-electron chi connectivity index (χ3n) is 11.5. The molecule has 2 aromatic rings.